The molecule has 1 N–H and O–H groups in total. The van der Waals surface area contributed by atoms with Crippen molar-refractivity contribution >= 4 is 0 Å². The van der Waals surface area contributed by atoms with Gasteiger partial charge in [-0.1, -0.05) is 58.8 Å². The highest BCUT2D eigenvalue weighted by Gasteiger charge is 2.41. The smallest absolute Gasteiger partial charge is 0.0834 e. The van der Waals surface area contributed by atoms with Crippen molar-refractivity contribution in [3.05, 3.63) is 0 Å². The van der Waals surface area contributed by atoms with Gasteiger partial charge in [0.15, 0.2) is 0 Å². The highest BCUT2D eigenvalue weighted by molar-refractivity contribution is 5.05. The van der Waals surface area contributed by atoms with Crippen molar-refractivity contribution in [3.63, 3.8) is 0 Å². The van der Waals surface area contributed by atoms with E-state index in [0.29, 0.717) is 5.92 Å². The lowest BCUT2D eigenvalue weighted by molar-refractivity contribution is 0.0159. The fourth-order valence-electron chi connectivity index (χ4n) is 3.29. The Balaban J connectivity index is 2.37. The maximum atomic E-state index is 10.4. The average molecular weight is 251 g/mol. The zero-order valence-electron chi connectivity index (χ0n) is 12.1. The second kappa shape index (κ2) is 7.79. The number of rotatable bonds is 7. The predicted octanol–water partition coefficient (Wildman–Crippen LogP) is 4.43. The van der Waals surface area contributed by atoms with Crippen LogP contribution in [0.3, 0.4) is 0 Å². The van der Waals surface area contributed by atoms with Crippen LogP contribution in [0.25, 0.3) is 0 Å². The number of unbranched alkanes of at least 4 members (excludes halogenated alkanes) is 4. The summed E-state index contributed by atoms with van der Waals surface area (Å²) in [5, 5.41) is 19.8. The summed E-state index contributed by atoms with van der Waals surface area (Å²) in [6.07, 6.45) is 10.6. The van der Waals surface area contributed by atoms with Crippen molar-refractivity contribution in [1.29, 1.82) is 5.26 Å². The van der Waals surface area contributed by atoms with Crippen molar-refractivity contribution < 1.29 is 5.11 Å². The van der Waals surface area contributed by atoms with Crippen molar-refractivity contribution in [2.75, 3.05) is 0 Å². The van der Waals surface area contributed by atoms with Crippen LogP contribution in [0.5, 0.6) is 0 Å². The van der Waals surface area contributed by atoms with Crippen LogP contribution in [0.15, 0.2) is 0 Å². The van der Waals surface area contributed by atoms with Crippen LogP contribution < -0.4 is 0 Å². The summed E-state index contributed by atoms with van der Waals surface area (Å²) >= 11 is 0. The van der Waals surface area contributed by atoms with Crippen LogP contribution in [-0.2, 0) is 0 Å². The van der Waals surface area contributed by atoms with E-state index in [-0.39, 0.29) is 0 Å². The monoisotopic (exact) mass is 251 g/mol. The van der Waals surface area contributed by atoms with Crippen LogP contribution in [0.1, 0.15) is 78.1 Å². The summed E-state index contributed by atoms with van der Waals surface area (Å²) < 4.78 is 0. The second-order valence-corrected chi connectivity index (χ2v) is 6.19. The third-order valence-corrected chi connectivity index (χ3v) is 4.47. The molecule has 0 aromatic carbocycles. The van der Waals surface area contributed by atoms with Gasteiger partial charge in [-0.2, -0.15) is 5.26 Å². The third kappa shape index (κ3) is 4.28. The molecule has 0 spiro atoms. The van der Waals surface area contributed by atoms with Gasteiger partial charge in [0.1, 0.15) is 0 Å². The fraction of sp³-hybridized carbons (Fsp3) is 0.938. The van der Waals surface area contributed by atoms with Gasteiger partial charge in [0.05, 0.1) is 17.6 Å². The Hall–Kier alpha value is -0.550. The molecule has 2 nitrogen and oxygen atoms in total. The first-order valence-corrected chi connectivity index (χ1v) is 7.74. The van der Waals surface area contributed by atoms with Crippen molar-refractivity contribution in [1.82, 2.24) is 0 Å². The first-order valence-electron chi connectivity index (χ1n) is 7.74. The van der Waals surface area contributed by atoms with Crippen LogP contribution >= 0.6 is 0 Å². The molecule has 0 aromatic heterocycles. The minimum absolute atomic E-state index is 0.410. The first kappa shape index (κ1) is 15.5. The van der Waals surface area contributed by atoms with Gasteiger partial charge >= 0.3 is 0 Å². The van der Waals surface area contributed by atoms with E-state index in [1.54, 1.807) is 0 Å². The Bertz CT molecular complexity index is 271. The molecular weight excluding hydrogens is 222 g/mol. The SMILES string of the molecule is CCCCCCCC(O)C1(C#N)CCCC(C)C1. The number of hydrogen-bond acceptors (Lipinski definition) is 2. The molecule has 1 saturated carbocycles. The summed E-state index contributed by atoms with van der Waals surface area (Å²) in [4.78, 5) is 0. The Morgan fingerprint density at radius 2 is 2.06 bits per heavy atom. The van der Waals surface area contributed by atoms with Crippen molar-refractivity contribution in [2.24, 2.45) is 11.3 Å². The van der Waals surface area contributed by atoms with E-state index >= 15 is 0 Å². The van der Waals surface area contributed by atoms with Gasteiger partial charge in [-0.15, -0.1) is 0 Å². The largest absolute Gasteiger partial charge is 0.391 e. The molecule has 0 aliphatic heterocycles. The molecule has 0 bridgehead atoms. The molecule has 1 fully saturated rings. The summed E-state index contributed by atoms with van der Waals surface area (Å²) in [5.41, 5.74) is -0.442. The zero-order chi connectivity index (χ0) is 13.4. The van der Waals surface area contributed by atoms with E-state index in [1.165, 1.54) is 32.1 Å². The van der Waals surface area contributed by atoms with E-state index in [1.807, 2.05) is 0 Å². The Morgan fingerprint density at radius 3 is 2.67 bits per heavy atom. The molecule has 1 rings (SSSR count). The molecule has 0 radical (unpaired) electrons. The maximum Gasteiger partial charge on any atom is 0.0834 e. The van der Waals surface area contributed by atoms with Gasteiger partial charge in [0.2, 0.25) is 0 Å². The maximum absolute atomic E-state index is 10.4. The zero-order valence-corrected chi connectivity index (χ0v) is 12.1. The van der Waals surface area contributed by atoms with Crippen LogP contribution in [-0.4, -0.2) is 11.2 Å². The topological polar surface area (TPSA) is 44.0 Å². The molecule has 2 heteroatoms. The lowest BCUT2D eigenvalue weighted by Gasteiger charge is -2.38. The lowest BCUT2D eigenvalue weighted by Crippen LogP contribution is -2.38. The quantitative estimate of drug-likeness (QED) is 0.680. The van der Waals surface area contributed by atoms with Gasteiger partial charge in [0, 0.05) is 0 Å². The summed E-state index contributed by atoms with van der Waals surface area (Å²) in [5.74, 6) is 0.591. The van der Waals surface area contributed by atoms with Gasteiger partial charge in [-0.3, -0.25) is 0 Å². The summed E-state index contributed by atoms with van der Waals surface area (Å²) in [6.45, 7) is 4.42. The fourth-order valence-corrected chi connectivity index (χ4v) is 3.29. The van der Waals surface area contributed by atoms with Crippen LogP contribution in [0, 0.1) is 22.7 Å². The molecule has 0 aromatic rings. The Morgan fingerprint density at radius 1 is 1.33 bits per heavy atom. The van der Waals surface area contributed by atoms with E-state index in [0.717, 1.165) is 32.1 Å². The minimum Gasteiger partial charge on any atom is -0.391 e. The molecule has 104 valence electrons. The molecule has 1 aliphatic rings. The Kier molecular flexibility index (Phi) is 6.71. The molecule has 3 unspecified atom stereocenters. The molecule has 1 aliphatic carbocycles. The van der Waals surface area contributed by atoms with Gasteiger partial charge < -0.3 is 5.11 Å². The number of nitriles is 1. The van der Waals surface area contributed by atoms with E-state index in [9.17, 15) is 10.4 Å². The first-order chi connectivity index (χ1) is 8.64. The second-order valence-electron chi connectivity index (χ2n) is 6.19. The van der Waals surface area contributed by atoms with E-state index < -0.39 is 11.5 Å². The van der Waals surface area contributed by atoms with Crippen LogP contribution in [0.2, 0.25) is 0 Å². The number of nitrogens with zero attached hydrogens (tertiary/aromatic N) is 1. The molecule has 0 amide bonds. The van der Waals surface area contributed by atoms with E-state index in [2.05, 4.69) is 19.9 Å². The highest BCUT2D eigenvalue weighted by Crippen LogP contribution is 2.42. The summed E-state index contributed by atoms with van der Waals surface area (Å²) in [7, 11) is 0. The normalized spacial score (nSPS) is 29.8. The van der Waals surface area contributed by atoms with Gasteiger partial charge in [-0.25, -0.2) is 0 Å². The van der Waals surface area contributed by atoms with Gasteiger partial charge in [-0.05, 0) is 25.2 Å². The molecule has 18 heavy (non-hydrogen) atoms. The minimum atomic E-state index is -0.442. The van der Waals surface area contributed by atoms with Crippen molar-refractivity contribution in [2.45, 2.75) is 84.2 Å². The van der Waals surface area contributed by atoms with Crippen molar-refractivity contribution in [3.8, 4) is 6.07 Å². The molecule has 0 saturated heterocycles. The third-order valence-electron chi connectivity index (χ3n) is 4.47. The van der Waals surface area contributed by atoms with Gasteiger partial charge in [0.25, 0.3) is 0 Å². The highest BCUT2D eigenvalue weighted by atomic mass is 16.3. The van der Waals surface area contributed by atoms with Crippen LogP contribution in [0.4, 0.5) is 0 Å². The number of aliphatic hydroxyl groups excluding tert-OH is 1. The standard InChI is InChI=1S/C16H29NO/c1-3-4-5-6-7-10-15(18)16(13-17)11-8-9-14(2)12-16/h14-15,18H,3-12H2,1-2H3. The molecular formula is C16H29NO. The summed E-state index contributed by atoms with van der Waals surface area (Å²) in [6, 6.07) is 2.45. The average Bonchev–Trinajstić information content (AvgIpc) is 2.38. The molecule has 3 atom stereocenters. The number of hydrogen-bond donors (Lipinski definition) is 1. The number of aliphatic hydroxyl groups is 1. The van der Waals surface area contributed by atoms with E-state index in [4.69, 9.17) is 0 Å². The molecule has 0 heterocycles. The lowest BCUT2D eigenvalue weighted by atomic mass is 9.67. The Labute approximate surface area is 112 Å². The predicted molar refractivity (Wildman–Crippen MR) is 75.1 cm³/mol.